The minimum absolute atomic E-state index is 0.0678. The lowest BCUT2D eigenvalue weighted by atomic mass is 9.95. The van der Waals surface area contributed by atoms with Crippen molar-refractivity contribution in [3.05, 3.63) is 0 Å². The van der Waals surface area contributed by atoms with E-state index >= 15 is 0 Å². The van der Waals surface area contributed by atoms with Gasteiger partial charge in [0, 0.05) is 6.16 Å². The van der Waals surface area contributed by atoms with Crippen molar-refractivity contribution >= 4 is 19.7 Å². The smallest absolute Gasteiger partial charge is 0.127 e. The number of carbonyl (C=O) groups is 2. The molecule has 0 amide bonds. The summed E-state index contributed by atoms with van der Waals surface area (Å²) in [5, 5.41) is 0. The van der Waals surface area contributed by atoms with Crippen LogP contribution in [0.5, 0.6) is 0 Å². The van der Waals surface area contributed by atoms with Gasteiger partial charge >= 0.3 is 0 Å². The molecule has 0 spiro atoms. The van der Waals surface area contributed by atoms with Crippen molar-refractivity contribution in [1.82, 2.24) is 4.90 Å². The van der Waals surface area contributed by atoms with Gasteiger partial charge in [0.2, 0.25) is 0 Å². The zero-order chi connectivity index (χ0) is 12.7. The molecule has 98 valence electrons. The summed E-state index contributed by atoms with van der Waals surface area (Å²) in [6.07, 6.45) is 5.25. The fourth-order valence-electron chi connectivity index (χ4n) is 2.30. The number of rotatable bonds is 7. The van der Waals surface area contributed by atoms with Crippen molar-refractivity contribution in [2.24, 2.45) is 5.92 Å². The molecule has 1 fully saturated rings. The number of hydrogen-bond donors (Lipinski definition) is 0. The van der Waals surface area contributed by atoms with Gasteiger partial charge in [0.05, 0.1) is 12.3 Å². The van der Waals surface area contributed by atoms with Crippen LogP contribution in [0.15, 0.2) is 0 Å². The van der Waals surface area contributed by atoms with Crippen LogP contribution in [0, 0.1) is 5.92 Å². The third-order valence-corrected chi connectivity index (χ3v) is 6.30. The van der Waals surface area contributed by atoms with E-state index in [0.717, 1.165) is 32.4 Å². The molecular formula is C12H22NO3P. The normalized spacial score (nSPS) is 19.1. The average molecular weight is 259 g/mol. The number of piperidine rings is 1. The van der Waals surface area contributed by atoms with Crippen LogP contribution in [0.1, 0.15) is 19.3 Å². The summed E-state index contributed by atoms with van der Waals surface area (Å²) in [5.74, 6) is 0.609. The SMILES string of the molecule is CN1CCC(CCP(=O)(CC=O)CC=O)CC1. The molecule has 5 heteroatoms. The van der Waals surface area contributed by atoms with Gasteiger partial charge in [-0.25, -0.2) is 0 Å². The van der Waals surface area contributed by atoms with Gasteiger partial charge in [-0.2, -0.15) is 0 Å². The number of nitrogens with zero attached hydrogens (tertiary/aromatic N) is 1. The Balaban J connectivity index is 2.38. The summed E-state index contributed by atoms with van der Waals surface area (Å²) in [5.41, 5.74) is 0. The van der Waals surface area contributed by atoms with E-state index in [0.29, 0.717) is 24.7 Å². The number of likely N-dealkylation sites (tertiary alicyclic amines) is 1. The maximum absolute atomic E-state index is 12.2. The van der Waals surface area contributed by atoms with E-state index in [1.807, 2.05) is 0 Å². The maximum Gasteiger partial charge on any atom is 0.127 e. The average Bonchev–Trinajstić information content (AvgIpc) is 2.29. The summed E-state index contributed by atoms with van der Waals surface area (Å²) < 4.78 is 12.2. The fraction of sp³-hybridized carbons (Fsp3) is 0.833. The first kappa shape index (κ1) is 14.6. The Morgan fingerprint density at radius 1 is 1.18 bits per heavy atom. The predicted octanol–water partition coefficient (Wildman–Crippen LogP) is 1.48. The van der Waals surface area contributed by atoms with Crippen LogP contribution in [-0.2, 0) is 14.2 Å². The Labute approximate surface area is 103 Å². The molecule has 1 aliphatic heterocycles. The molecule has 0 saturated carbocycles. The first-order chi connectivity index (χ1) is 8.09. The first-order valence-electron chi connectivity index (χ1n) is 6.22. The topological polar surface area (TPSA) is 54.5 Å². The van der Waals surface area contributed by atoms with Crippen molar-refractivity contribution in [3.63, 3.8) is 0 Å². The van der Waals surface area contributed by atoms with Gasteiger partial charge in [-0.1, -0.05) is 0 Å². The zero-order valence-corrected chi connectivity index (χ0v) is 11.4. The van der Waals surface area contributed by atoms with E-state index in [-0.39, 0.29) is 12.3 Å². The molecule has 1 saturated heterocycles. The Kier molecular flexibility index (Phi) is 6.07. The van der Waals surface area contributed by atoms with Crippen LogP contribution in [0.2, 0.25) is 0 Å². The molecule has 0 aromatic heterocycles. The molecule has 1 aliphatic rings. The summed E-state index contributed by atoms with van der Waals surface area (Å²) in [7, 11) is -0.440. The molecule has 4 nitrogen and oxygen atoms in total. The van der Waals surface area contributed by atoms with Gasteiger partial charge < -0.3 is 19.1 Å². The van der Waals surface area contributed by atoms with Gasteiger partial charge in [-0.05, 0) is 45.3 Å². The van der Waals surface area contributed by atoms with Crippen LogP contribution >= 0.6 is 7.14 Å². The molecule has 0 radical (unpaired) electrons. The van der Waals surface area contributed by atoms with Crippen LogP contribution in [0.3, 0.4) is 0 Å². The first-order valence-corrected chi connectivity index (χ1v) is 8.49. The molecule has 0 bridgehead atoms. The Hall–Kier alpha value is -0.470. The van der Waals surface area contributed by atoms with Gasteiger partial charge in [-0.15, -0.1) is 0 Å². The van der Waals surface area contributed by atoms with E-state index in [1.54, 1.807) is 0 Å². The molecule has 17 heavy (non-hydrogen) atoms. The largest absolute Gasteiger partial charge is 0.323 e. The van der Waals surface area contributed by atoms with Crippen molar-refractivity contribution in [3.8, 4) is 0 Å². The highest BCUT2D eigenvalue weighted by molar-refractivity contribution is 7.65. The second kappa shape index (κ2) is 7.07. The lowest BCUT2D eigenvalue weighted by molar-refractivity contribution is -0.106. The van der Waals surface area contributed by atoms with E-state index in [2.05, 4.69) is 11.9 Å². The molecule has 0 atom stereocenters. The highest BCUT2D eigenvalue weighted by Gasteiger charge is 2.24. The van der Waals surface area contributed by atoms with Gasteiger partial charge in [0.25, 0.3) is 0 Å². The van der Waals surface area contributed by atoms with Crippen LogP contribution in [0.25, 0.3) is 0 Å². The Bertz CT molecular complexity index is 284. The summed E-state index contributed by atoms with van der Waals surface area (Å²) in [6, 6.07) is 0. The van der Waals surface area contributed by atoms with Crippen LogP contribution < -0.4 is 0 Å². The quantitative estimate of drug-likeness (QED) is 0.513. The van der Waals surface area contributed by atoms with Gasteiger partial charge in [0.1, 0.15) is 19.7 Å². The molecule has 0 N–H and O–H groups in total. The zero-order valence-electron chi connectivity index (χ0n) is 10.5. The number of hydrogen-bond acceptors (Lipinski definition) is 4. The van der Waals surface area contributed by atoms with Crippen LogP contribution in [0.4, 0.5) is 0 Å². The summed E-state index contributed by atoms with van der Waals surface area (Å²) in [4.78, 5) is 23.3. The Morgan fingerprint density at radius 3 is 2.18 bits per heavy atom. The minimum atomic E-state index is -2.55. The molecule has 1 rings (SSSR count). The van der Waals surface area contributed by atoms with Crippen molar-refractivity contribution in [2.45, 2.75) is 19.3 Å². The standard InChI is InChI=1S/C12H22NO3P/c1-13-5-2-12(3-6-13)4-9-17(16,10-7-14)11-8-15/h7-8,12H,2-6,9-11H2,1H3. The number of aldehydes is 2. The maximum atomic E-state index is 12.2. The second-order valence-corrected chi connectivity index (χ2v) is 8.31. The molecule has 1 heterocycles. The third-order valence-electron chi connectivity index (χ3n) is 3.60. The van der Waals surface area contributed by atoms with Crippen molar-refractivity contribution in [2.75, 3.05) is 38.6 Å². The molecule has 0 unspecified atom stereocenters. The molecule has 0 aromatic rings. The molecule has 0 aromatic carbocycles. The van der Waals surface area contributed by atoms with Crippen molar-refractivity contribution in [1.29, 1.82) is 0 Å². The fourth-order valence-corrected chi connectivity index (χ4v) is 4.19. The van der Waals surface area contributed by atoms with E-state index in [1.165, 1.54) is 0 Å². The van der Waals surface area contributed by atoms with E-state index in [4.69, 9.17) is 0 Å². The highest BCUT2D eigenvalue weighted by Crippen LogP contribution is 2.45. The van der Waals surface area contributed by atoms with Crippen LogP contribution in [-0.4, -0.2) is 56.1 Å². The minimum Gasteiger partial charge on any atom is -0.323 e. The highest BCUT2D eigenvalue weighted by atomic mass is 31.2. The number of carbonyl (C=O) groups excluding carboxylic acids is 2. The Morgan fingerprint density at radius 2 is 1.71 bits per heavy atom. The van der Waals surface area contributed by atoms with Gasteiger partial charge in [0.15, 0.2) is 0 Å². The molecule has 0 aliphatic carbocycles. The monoisotopic (exact) mass is 259 g/mol. The van der Waals surface area contributed by atoms with Crippen molar-refractivity contribution < 1.29 is 14.2 Å². The predicted molar refractivity (Wildman–Crippen MR) is 69.2 cm³/mol. The van der Waals surface area contributed by atoms with Gasteiger partial charge in [-0.3, -0.25) is 0 Å². The summed E-state index contributed by atoms with van der Waals surface area (Å²) >= 11 is 0. The van der Waals surface area contributed by atoms with E-state index in [9.17, 15) is 14.2 Å². The molecular weight excluding hydrogens is 237 g/mol. The summed E-state index contributed by atoms with van der Waals surface area (Å²) in [6.45, 7) is 2.19. The lowest BCUT2D eigenvalue weighted by Gasteiger charge is -2.29. The lowest BCUT2D eigenvalue weighted by Crippen LogP contribution is -2.30. The van der Waals surface area contributed by atoms with E-state index < -0.39 is 7.14 Å². The second-order valence-electron chi connectivity index (χ2n) is 5.02. The third kappa shape index (κ3) is 5.13.